The Morgan fingerprint density at radius 3 is 2.67 bits per heavy atom. The van der Waals surface area contributed by atoms with Gasteiger partial charge in [0.1, 0.15) is 13.2 Å². The predicted octanol–water partition coefficient (Wildman–Crippen LogP) is 4.22. The van der Waals surface area contributed by atoms with E-state index in [9.17, 15) is 4.79 Å². The molecule has 5 rings (SSSR count). The number of para-hydroxylation sites is 1. The van der Waals surface area contributed by atoms with E-state index in [2.05, 4.69) is 10.3 Å². The number of aromatic nitrogens is 3. The van der Waals surface area contributed by atoms with Crippen molar-refractivity contribution < 1.29 is 14.3 Å². The molecule has 1 amide bonds. The van der Waals surface area contributed by atoms with Gasteiger partial charge in [0.2, 0.25) is 5.91 Å². The molecule has 1 aliphatic heterocycles. The van der Waals surface area contributed by atoms with Crippen molar-refractivity contribution >= 4 is 17.5 Å². The molecule has 1 N–H and O–H groups in total. The number of rotatable bonds is 6. The Labute approximate surface area is 195 Å². The predicted molar refractivity (Wildman–Crippen MR) is 125 cm³/mol. The van der Waals surface area contributed by atoms with Gasteiger partial charge in [-0.25, -0.2) is 4.68 Å². The number of carbonyl (C=O) groups is 1. The van der Waals surface area contributed by atoms with Crippen molar-refractivity contribution in [2.75, 3.05) is 13.2 Å². The van der Waals surface area contributed by atoms with Gasteiger partial charge >= 0.3 is 0 Å². The topological polar surface area (TPSA) is 78.3 Å². The van der Waals surface area contributed by atoms with Gasteiger partial charge in [0.15, 0.2) is 11.5 Å². The molecule has 0 atom stereocenters. The molecule has 8 heteroatoms. The Kier molecular flexibility index (Phi) is 5.95. The van der Waals surface area contributed by atoms with Crippen LogP contribution >= 0.6 is 11.6 Å². The summed E-state index contributed by atoms with van der Waals surface area (Å²) < 4.78 is 13.0. The lowest BCUT2D eigenvalue weighted by molar-refractivity contribution is -0.120. The maximum absolute atomic E-state index is 12.7. The van der Waals surface area contributed by atoms with Crippen molar-refractivity contribution in [2.45, 2.75) is 13.0 Å². The van der Waals surface area contributed by atoms with Gasteiger partial charge in [0, 0.05) is 36.3 Å². The molecule has 0 radical (unpaired) electrons. The Hall–Kier alpha value is -3.84. The molecule has 0 saturated carbocycles. The van der Waals surface area contributed by atoms with Gasteiger partial charge < -0.3 is 14.8 Å². The lowest BCUT2D eigenvalue weighted by Gasteiger charge is -2.20. The largest absolute Gasteiger partial charge is 0.486 e. The zero-order valence-corrected chi connectivity index (χ0v) is 18.5. The number of halogens is 1. The first-order valence-corrected chi connectivity index (χ1v) is 10.9. The molecule has 0 fully saturated rings. The summed E-state index contributed by atoms with van der Waals surface area (Å²) in [5, 5.41) is 8.20. The first-order chi connectivity index (χ1) is 16.2. The van der Waals surface area contributed by atoms with Gasteiger partial charge in [-0.3, -0.25) is 9.78 Å². The second-order valence-electron chi connectivity index (χ2n) is 7.57. The highest BCUT2D eigenvalue weighted by molar-refractivity contribution is 6.32. The number of ether oxygens (including phenoxy) is 2. The van der Waals surface area contributed by atoms with Crippen LogP contribution < -0.4 is 14.8 Å². The zero-order chi connectivity index (χ0) is 22.6. The highest BCUT2D eigenvalue weighted by Gasteiger charge is 2.18. The summed E-state index contributed by atoms with van der Waals surface area (Å²) in [7, 11) is 0. The first kappa shape index (κ1) is 21.0. The fourth-order valence-corrected chi connectivity index (χ4v) is 4.00. The summed E-state index contributed by atoms with van der Waals surface area (Å²) in [6, 6.07) is 17.2. The third-order valence-electron chi connectivity index (χ3n) is 5.26. The molecular formula is C25H21ClN4O3. The lowest BCUT2D eigenvalue weighted by atomic mass is 10.1. The van der Waals surface area contributed by atoms with Gasteiger partial charge in [-0.15, -0.1) is 0 Å². The molecule has 33 heavy (non-hydrogen) atoms. The van der Waals surface area contributed by atoms with Crippen LogP contribution in [0.5, 0.6) is 11.5 Å². The van der Waals surface area contributed by atoms with E-state index in [1.165, 1.54) is 0 Å². The van der Waals surface area contributed by atoms with E-state index in [-0.39, 0.29) is 12.3 Å². The van der Waals surface area contributed by atoms with Crippen LogP contribution in [0.1, 0.15) is 11.1 Å². The third kappa shape index (κ3) is 4.68. The molecule has 2 aromatic heterocycles. The zero-order valence-electron chi connectivity index (χ0n) is 17.7. The molecular weight excluding hydrogens is 440 g/mol. The van der Waals surface area contributed by atoms with Crippen LogP contribution in [-0.2, 0) is 17.8 Å². The minimum absolute atomic E-state index is 0.129. The molecule has 0 aliphatic carbocycles. The number of carbonyl (C=O) groups excluding carboxylic acids is 1. The van der Waals surface area contributed by atoms with Crippen LogP contribution in [0.25, 0.3) is 16.9 Å². The van der Waals surface area contributed by atoms with Crippen LogP contribution in [0.15, 0.2) is 73.2 Å². The molecule has 166 valence electrons. The van der Waals surface area contributed by atoms with E-state index in [1.54, 1.807) is 24.5 Å². The third-order valence-corrected chi connectivity index (χ3v) is 5.54. The Morgan fingerprint density at radius 1 is 1.06 bits per heavy atom. The van der Waals surface area contributed by atoms with Gasteiger partial charge in [0.05, 0.1) is 22.8 Å². The number of pyridine rings is 1. The molecule has 4 aromatic rings. The quantitative estimate of drug-likeness (QED) is 0.466. The van der Waals surface area contributed by atoms with Gasteiger partial charge in [-0.2, -0.15) is 5.10 Å². The Morgan fingerprint density at radius 2 is 1.85 bits per heavy atom. The molecule has 0 unspecified atom stereocenters. The molecule has 1 aliphatic rings. The smallest absolute Gasteiger partial charge is 0.224 e. The van der Waals surface area contributed by atoms with Gasteiger partial charge in [-0.1, -0.05) is 29.8 Å². The van der Waals surface area contributed by atoms with E-state index in [4.69, 9.17) is 26.2 Å². The Balaban J connectivity index is 1.34. The number of nitrogens with one attached hydrogen (secondary N) is 1. The molecule has 3 heterocycles. The Bertz CT molecular complexity index is 1280. The van der Waals surface area contributed by atoms with E-state index in [0.717, 1.165) is 28.1 Å². The summed E-state index contributed by atoms with van der Waals surface area (Å²) in [4.78, 5) is 16.8. The summed E-state index contributed by atoms with van der Waals surface area (Å²) >= 11 is 6.30. The number of hydrogen-bond donors (Lipinski definition) is 1. The maximum Gasteiger partial charge on any atom is 0.224 e. The highest BCUT2D eigenvalue weighted by Crippen LogP contribution is 2.38. The molecule has 0 saturated heterocycles. The summed E-state index contributed by atoms with van der Waals surface area (Å²) in [5.41, 5.74) is 4.33. The number of amides is 1. The van der Waals surface area contributed by atoms with Crippen molar-refractivity contribution in [3.63, 3.8) is 0 Å². The summed E-state index contributed by atoms with van der Waals surface area (Å²) in [6.45, 7) is 1.26. The van der Waals surface area contributed by atoms with Crippen LogP contribution in [0.2, 0.25) is 5.02 Å². The SMILES string of the molecule is O=C(Cc1cc(Cl)c2c(c1)OCCO2)NCc1cn(-c2ccccc2)nc1-c1ccncc1. The first-order valence-electron chi connectivity index (χ1n) is 10.6. The summed E-state index contributed by atoms with van der Waals surface area (Å²) in [5.74, 6) is 0.971. The monoisotopic (exact) mass is 460 g/mol. The fourth-order valence-electron chi connectivity index (χ4n) is 3.71. The number of hydrogen-bond acceptors (Lipinski definition) is 5. The maximum atomic E-state index is 12.7. The molecule has 0 spiro atoms. The van der Waals surface area contributed by atoms with Crippen LogP contribution in [0, 0.1) is 0 Å². The summed E-state index contributed by atoms with van der Waals surface area (Å²) in [6.07, 6.45) is 5.57. The highest BCUT2D eigenvalue weighted by atomic mass is 35.5. The normalized spacial score (nSPS) is 12.4. The van der Waals surface area contributed by atoms with E-state index in [1.807, 2.05) is 53.3 Å². The average molecular weight is 461 g/mol. The minimum atomic E-state index is -0.129. The number of fused-ring (bicyclic) bond motifs is 1. The van der Waals surface area contributed by atoms with Crippen molar-refractivity contribution in [3.8, 4) is 28.4 Å². The van der Waals surface area contributed by atoms with E-state index < -0.39 is 0 Å². The second kappa shape index (κ2) is 9.34. The number of nitrogens with zero attached hydrogens (tertiary/aromatic N) is 3. The van der Waals surface area contributed by atoms with Crippen LogP contribution in [-0.4, -0.2) is 33.9 Å². The van der Waals surface area contributed by atoms with Crippen LogP contribution in [0.3, 0.4) is 0 Å². The lowest BCUT2D eigenvalue weighted by Crippen LogP contribution is -2.25. The van der Waals surface area contributed by atoms with Crippen molar-refractivity contribution in [2.24, 2.45) is 0 Å². The fraction of sp³-hybridized carbons (Fsp3) is 0.160. The van der Waals surface area contributed by atoms with Crippen molar-refractivity contribution in [1.29, 1.82) is 0 Å². The van der Waals surface area contributed by atoms with E-state index >= 15 is 0 Å². The molecule has 0 bridgehead atoms. The second-order valence-corrected chi connectivity index (χ2v) is 7.98. The van der Waals surface area contributed by atoms with Gasteiger partial charge in [0.25, 0.3) is 0 Å². The minimum Gasteiger partial charge on any atom is -0.486 e. The van der Waals surface area contributed by atoms with Crippen molar-refractivity contribution in [1.82, 2.24) is 20.1 Å². The standard InChI is InChI=1S/C25H21ClN4O3/c26-21-12-17(13-22-25(21)33-11-10-32-22)14-23(31)28-15-19-16-30(20-4-2-1-3-5-20)29-24(19)18-6-8-27-9-7-18/h1-9,12-13,16H,10-11,14-15H2,(H,28,31). The van der Waals surface area contributed by atoms with Gasteiger partial charge in [-0.05, 0) is 42.0 Å². The molecule has 7 nitrogen and oxygen atoms in total. The molecule has 2 aromatic carbocycles. The average Bonchev–Trinajstić information content (AvgIpc) is 3.28. The number of benzene rings is 2. The van der Waals surface area contributed by atoms with E-state index in [0.29, 0.717) is 36.3 Å². The van der Waals surface area contributed by atoms with Crippen molar-refractivity contribution in [3.05, 3.63) is 89.3 Å². The van der Waals surface area contributed by atoms with Crippen LogP contribution in [0.4, 0.5) is 0 Å².